The molecule has 4 nitrogen and oxygen atoms in total. The molecular formula is C8H3Cl2NO3S. The molecule has 1 aromatic heterocycles. The smallest absolute Gasteiger partial charge is 0.408 e. The van der Waals surface area contributed by atoms with Crippen LogP contribution in [0.2, 0.25) is 8.67 Å². The lowest BCUT2D eigenvalue weighted by Gasteiger charge is -2.04. The van der Waals surface area contributed by atoms with Gasteiger partial charge in [-0.1, -0.05) is 23.2 Å². The fourth-order valence-electron chi connectivity index (χ4n) is 1.89. The number of Topliss-reactive ketones (excluding diaryl/α,β-unsaturated/α-hetero) is 1. The maximum Gasteiger partial charge on any atom is 0.408 e. The quantitative estimate of drug-likeness (QED) is 0.782. The molecule has 2 atom stereocenters. The third kappa shape index (κ3) is 1.08. The van der Waals surface area contributed by atoms with Crippen molar-refractivity contribution in [3.8, 4) is 0 Å². The van der Waals surface area contributed by atoms with E-state index in [0.29, 0.717) is 19.8 Å². The van der Waals surface area contributed by atoms with Crippen LogP contribution in [0, 0.1) is 0 Å². The molecular weight excluding hydrogens is 261 g/mol. The Morgan fingerprint density at radius 3 is 2.73 bits per heavy atom. The Kier molecular flexibility index (Phi) is 1.81. The van der Waals surface area contributed by atoms with Crippen LogP contribution in [0.25, 0.3) is 0 Å². The average molecular weight is 264 g/mol. The number of carbonyl (C=O) groups is 2. The van der Waals surface area contributed by atoms with Crippen LogP contribution in [-0.4, -0.2) is 18.0 Å². The molecule has 2 heterocycles. The number of nitrogens with one attached hydrogen (secondary N) is 1. The zero-order chi connectivity index (χ0) is 10.7. The number of ether oxygens (including phenoxy) is 1. The summed E-state index contributed by atoms with van der Waals surface area (Å²) in [5.74, 6) is -0.276. The first-order valence-corrected chi connectivity index (χ1v) is 5.66. The van der Waals surface area contributed by atoms with Gasteiger partial charge < -0.3 is 10.1 Å². The number of fused-ring (bicyclic) bond motifs is 3. The van der Waals surface area contributed by atoms with Crippen molar-refractivity contribution < 1.29 is 14.3 Å². The van der Waals surface area contributed by atoms with Crippen molar-refractivity contribution in [2.24, 2.45) is 0 Å². The maximum atomic E-state index is 11.8. The zero-order valence-electron chi connectivity index (χ0n) is 7.04. The third-order valence-corrected chi connectivity index (χ3v) is 4.12. The molecule has 1 N–H and O–H groups in total. The summed E-state index contributed by atoms with van der Waals surface area (Å²) in [7, 11) is 0. The van der Waals surface area contributed by atoms with Crippen molar-refractivity contribution in [1.29, 1.82) is 0 Å². The second kappa shape index (κ2) is 2.87. The van der Waals surface area contributed by atoms with Gasteiger partial charge in [-0.3, -0.25) is 4.79 Å². The summed E-state index contributed by atoms with van der Waals surface area (Å²) < 4.78 is 5.62. The number of alkyl carbamates (subject to hydrolysis) is 1. The SMILES string of the molecule is O=C1N[C@H]2c3c(Cl)sc(Cl)c3C(=O)[C@@H]2O1. The predicted octanol–water partition coefficient (Wildman–Crippen LogP) is 2.40. The van der Waals surface area contributed by atoms with Crippen LogP contribution >= 0.6 is 34.5 Å². The molecule has 0 radical (unpaired) electrons. The molecule has 1 amide bonds. The minimum atomic E-state index is -0.800. The van der Waals surface area contributed by atoms with Crippen LogP contribution in [0.3, 0.4) is 0 Å². The Hall–Kier alpha value is -0.780. The van der Waals surface area contributed by atoms with Crippen molar-refractivity contribution in [3.05, 3.63) is 19.8 Å². The Labute approximate surface area is 98.1 Å². The molecule has 78 valence electrons. The highest BCUT2D eigenvalue weighted by atomic mass is 35.5. The second-order valence-corrected chi connectivity index (χ2v) is 5.48. The minimum Gasteiger partial charge on any atom is -0.435 e. The van der Waals surface area contributed by atoms with Gasteiger partial charge in [0.25, 0.3) is 0 Å². The summed E-state index contributed by atoms with van der Waals surface area (Å²) in [6, 6.07) is -0.476. The number of carbonyl (C=O) groups excluding carboxylic acids is 2. The molecule has 3 rings (SSSR count). The first kappa shape index (κ1) is 9.45. The van der Waals surface area contributed by atoms with E-state index in [-0.39, 0.29) is 5.78 Å². The van der Waals surface area contributed by atoms with E-state index in [9.17, 15) is 9.59 Å². The highest BCUT2D eigenvalue weighted by molar-refractivity contribution is 7.20. The fourth-order valence-corrected chi connectivity index (χ4v) is 3.68. The van der Waals surface area contributed by atoms with E-state index in [1.807, 2.05) is 0 Å². The van der Waals surface area contributed by atoms with Crippen LogP contribution in [0.5, 0.6) is 0 Å². The van der Waals surface area contributed by atoms with Gasteiger partial charge in [-0.15, -0.1) is 11.3 Å². The molecule has 1 saturated heterocycles. The molecule has 1 aliphatic carbocycles. The number of hydrogen-bond acceptors (Lipinski definition) is 4. The number of amides is 1. The Morgan fingerprint density at radius 1 is 1.27 bits per heavy atom. The standard InChI is InChI=1S/C8H3Cl2NO3S/c9-6-1-2(7(10)15-6)4(12)5-3(1)11-8(13)14-5/h3,5H,(H,11,13)/t3-,5+/m0/s1. The van der Waals surface area contributed by atoms with Gasteiger partial charge in [0, 0.05) is 5.56 Å². The molecule has 0 spiro atoms. The molecule has 0 saturated carbocycles. The molecule has 0 unspecified atom stereocenters. The van der Waals surface area contributed by atoms with E-state index >= 15 is 0 Å². The van der Waals surface area contributed by atoms with Crippen LogP contribution in [-0.2, 0) is 4.74 Å². The maximum absolute atomic E-state index is 11.8. The highest BCUT2D eigenvalue weighted by Gasteiger charge is 2.51. The largest absolute Gasteiger partial charge is 0.435 e. The van der Waals surface area contributed by atoms with Gasteiger partial charge in [-0.05, 0) is 0 Å². The van der Waals surface area contributed by atoms with E-state index in [4.69, 9.17) is 27.9 Å². The van der Waals surface area contributed by atoms with Crippen molar-refractivity contribution >= 4 is 46.4 Å². The van der Waals surface area contributed by atoms with Gasteiger partial charge in [0.05, 0.1) is 5.56 Å². The molecule has 1 fully saturated rings. The number of ketones is 1. The Bertz CT molecular complexity index is 498. The summed E-state index contributed by atoms with van der Waals surface area (Å²) in [6.45, 7) is 0. The Balaban J connectivity index is 2.21. The molecule has 1 aromatic rings. The summed E-state index contributed by atoms with van der Waals surface area (Å²) in [4.78, 5) is 22.8. The second-order valence-electron chi connectivity index (χ2n) is 3.25. The molecule has 2 aliphatic rings. The lowest BCUT2D eigenvalue weighted by Crippen LogP contribution is -2.20. The van der Waals surface area contributed by atoms with Gasteiger partial charge in [0.15, 0.2) is 6.10 Å². The minimum absolute atomic E-state index is 0.276. The van der Waals surface area contributed by atoms with Crippen molar-refractivity contribution in [3.63, 3.8) is 0 Å². The Morgan fingerprint density at radius 2 is 2.00 bits per heavy atom. The first-order valence-electron chi connectivity index (χ1n) is 4.08. The van der Waals surface area contributed by atoms with Gasteiger partial charge in [-0.2, -0.15) is 0 Å². The monoisotopic (exact) mass is 263 g/mol. The van der Waals surface area contributed by atoms with Gasteiger partial charge in [0.2, 0.25) is 5.78 Å². The zero-order valence-corrected chi connectivity index (χ0v) is 9.37. The van der Waals surface area contributed by atoms with Gasteiger partial charge >= 0.3 is 6.09 Å². The summed E-state index contributed by atoms with van der Waals surface area (Å²) in [5, 5.41) is 2.54. The predicted molar refractivity (Wildman–Crippen MR) is 54.8 cm³/mol. The molecule has 7 heteroatoms. The third-order valence-electron chi connectivity index (χ3n) is 2.48. The number of rotatable bonds is 0. The van der Waals surface area contributed by atoms with Crippen molar-refractivity contribution in [2.75, 3.05) is 0 Å². The van der Waals surface area contributed by atoms with E-state index in [1.54, 1.807) is 0 Å². The number of hydrogen-bond donors (Lipinski definition) is 1. The summed E-state index contributed by atoms with van der Waals surface area (Å²) in [6.07, 6.45) is -1.40. The van der Waals surface area contributed by atoms with E-state index in [2.05, 4.69) is 5.32 Å². The van der Waals surface area contributed by atoms with Gasteiger partial charge in [-0.25, -0.2) is 4.79 Å². The average Bonchev–Trinajstić information content (AvgIpc) is 2.71. The van der Waals surface area contributed by atoms with Gasteiger partial charge in [0.1, 0.15) is 14.7 Å². The lowest BCUT2D eigenvalue weighted by atomic mass is 10.2. The highest BCUT2D eigenvalue weighted by Crippen LogP contribution is 2.48. The molecule has 1 aliphatic heterocycles. The summed E-state index contributed by atoms with van der Waals surface area (Å²) in [5.41, 5.74) is 0.981. The molecule has 15 heavy (non-hydrogen) atoms. The van der Waals surface area contributed by atoms with Crippen molar-refractivity contribution in [2.45, 2.75) is 12.1 Å². The van der Waals surface area contributed by atoms with Crippen LogP contribution in [0.4, 0.5) is 4.79 Å². The van der Waals surface area contributed by atoms with Crippen molar-refractivity contribution in [1.82, 2.24) is 5.32 Å². The van der Waals surface area contributed by atoms with Crippen LogP contribution in [0.15, 0.2) is 0 Å². The van der Waals surface area contributed by atoms with Crippen LogP contribution in [0.1, 0.15) is 22.0 Å². The first-order chi connectivity index (χ1) is 7.09. The normalized spacial score (nSPS) is 27.3. The number of thiophene rings is 1. The van der Waals surface area contributed by atoms with E-state index in [0.717, 1.165) is 11.3 Å². The van der Waals surface area contributed by atoms with E-state index < -0.39 is 18.2 Å². The number of halogens is 2. The van der Waals surface area contributed by atoms with E-state index in [1.165, 1.54) is 0 Å². The molecule has 0 bridgehead atoms. The fraction of sp³-hybridized carbons (Fsp3) is 0.250. The van der Waals surface area contributed by atoms with Crippen LogP contribution < -0.4 is 5.32 Å². The lowest BCUT2D eigenvalue weighted by molar-refractivity contribution is 0.0753. The summed E-state index contributed by atoms with van der Waals surface area (Å²) >= 11 is 13.0. The topological polar surface area (TPSA) is 55.4 Å². The molecule has 0 aromatic carbocycles.